The maximum atomic E-state index is 12.1. The van der Waals surface area contributed by atoms with Gasteiger partial charge in [0.2, 0.25) is 5.91 Å². The lowest BCUT2D eigenvalue weighted by Crippen LogP contribution is -2.48. The summed E-state index contributed by atoms with van der Waals surface area (Å²) < 4.78 is 5.36. The highest BCUT2D eigenvalue weighted by atomic mass is 16.3. The van der Waals surface area contributed by atoms with Crippen molar-refractivity contribution in [2.45, 2.75) is 31.8 Å². The van der Waals surface area contributed by atoms with Gasteiger partial charge in [-0.05, 0) is 25.0 Å². The predicted octanol–water partition coefficient (Wildman–Crippen LogP) is 1.07. The number of piperazine rings is 1. The Kier molecular flexibility index (Phi) is 4.38. The van der Waals surface area contributed by atoms with Gasteiger partial charge in [0, 0.05) is 45.2 Å². The maximum Gasteiger partial charge on any atom is 0.223 e. The Morgan fingerprint density at radius 2 is 2.10 bits per heavy atom. The van der Waals surface area contributed by atoms with Gasteiger partial charge in [0.15, 0.2) is 0 Å². The Morgan fingerprint density at radius 1 is 1.30 bits per heavy atom. The highest BCUT2D eigenvalue weighted by molar-refractivity contribution is 5.76. The van der Waals surface area contributed by atoms with Crippen molar-refractivity contribution >= 4 is 5.91 Å². The summed E-state index contributed by atoms with van der Waals surface area (Å²) >= 11 is 0. The molecular weight excluding hydrogens is 254 g/mol. The van der Waals surface area contributed by atoms with Gasteiger partial charge < -0.3 is 14.6 Å². The summed E-state index contributed by atoms with van der Waals surface area (Å²) in [5.74, 6) is 1.29. The zero-order valence-corrected chi connectivity index (χ0v) is 11.9. The van der Waals surface area contributed by atoms with Gasteiger partial charge in [0.1, 0.15) is 5.76 Å². The average molecular weight is 277 g/mol. The van der Waals surface area contributed by atoms with Crippen molar-refractivity contribution in [1.82, 2.24) is 15.1 Å². The van der Waals surface area contributed by atoms with Crippen LogP contribution in [0.3, 0.4) is 0 Å². The SMILES string of the molecule is O=C(CCNC1CC1)N1CCN(Cc2ccco2)CC1. The summed E-state index contributed by atoms with van der Waals surface area (Å²) in [6.45, 7) is 5.21. The minimum absolute atomic E-state index is 0.288. The standard InChI is InChI=1S/C15H23N3O2/c19-15(5-6-16-13-3-4-13)18-9-7-17(8-10-18)12-14-2-1-11-20-14/h1-2,11,13,16H,3-10,12H2. The van der Waals surface area contributed by atoms with Gasteiger partial charge in [0.25, 0.3) is 0 Å². The molecule has 2 heterocycles. The fourth-order valence-electron chi connectivity index (χ4n) is 2.61. The van der Waals surface area contributed by atoms with Gasteiger partial charge in [0.05, 0.1) is 12.8 Å². The summed E-state index contributed by atoms with van der Waals surface area (Å²) in [7, 11) is 0. The molecule has 1 aliphatic heterocycles. The number of hydrogen-bond acceptors (Lipinski definition) is 4. The second-order valence-corrected chi connectivity index (χ2v) is 5.71. The lowest BCUT2D eigenvalue weighted by Gasteiger charge is -2.34. The van der Waals surface area contributed by atoms with E-state index in [1.54, 1.807) is 6.26 Å². The number of amides is 1. The van der Waals surface area contributed by atoms with Crippen molar-refractivity contribution in [3.05, 3.63) is 24.2 Å². The Hall–Kier alpha value is -1.33. The first-order chi connectivity index (χ1) is 9.81. The molecule has 0 radical (unpaired) electrons. The van der Waals surface area contributed by atoms with Gasteiger partial charge in [-0.3, -0.25) is 9.69 Å². The average Bonchev–Trinajstić information content (AvgIpc) is 3.15. The number of carbonyl (C=O) groups excluding carboxylic acids is 1. The first kappa shape index (κ1) is 13.6. The fraction of sp³-hybridized carbons (Fsp3) is 0.667. The summed E-state index contributed by atoms with van der Waals surface area (Å²) in [6, 6.07) is 4.61. The van der Waals surface area contributed by atoms with Gasteiger partial charge in [-0.2, -0.15) is 0 Å². The smallest absolute Gasteiger partial charge is 0.223 e. The first-order valence-electron chi connectivity index (χ1n) is 7.57. The van der Waals surface area contributed by atoms with Crippen LogP contribution in [0.5, 0.6) is 0 Å². The minimum Gasteiger partial charge on any atom is -0.468 e. The topological polar surface area (TPSA) is 48.7 Å². The van der Waals surface area contributed by atoms with Crippen LogP contribution in [-0.2, 0) is 11.3 Å². The van der Waals surface area contributed by atoms with E-state index in [2.05, 4.69) is 10.2 Å². The molecule has 0 atom stereocenters. The van der Waals surface area contributed by atoms with Crippen molar-refractivity contribution in [2.75, 3.05) is 32.7 Å². The molecule has 1 aromatic rings. The van der Waals surface area contributed by atoms with E-state index in [9.17, 15) is 4.79 Å². The Labute approximate surface area is 119 Å². The second-order valence-electron chi connectivity index (χ2n) is 5.71. The molecule has 5 nitrogen and oxygen atoms in total. The van der Waals surface area contributed by atoms with Gasteiger partial charge in [-0.25, -0.2) is 0 Å². The van der Waals surface area contributed by atoms with Crippen LogP contribution in [0.1, 0.15) is 25.0 Å². The number of rotatable bonds is 6. The molecule has 1 amide bonds. The van der Waals surface area contributed by atoms with Gasteiger partial charge in [-0.15, -0.1) is 0 Å². The number of carbonyl (C=O) groups is 1. The molecule has 3 rings (SSSR count). The molecule has 1 N–H and O–H groups in total. The van der Waals surface area contributed by atoms with E-state index in [0.29, 0.717) is 12.5 Å². The molecule has 0 aromatic carbocycles. The van der Waals surface area contributed by atoms with Crippen LogP contribution in [0.4, 0.5) is 0 Å². The first-order valence-corrected chi connectivity index (χ1v) is 7.57. The maximum absolute atomic E-state index is 12.1. The normalized spacial score (nSPS) is 20.3. The molecule has 2 aliphatic rings. The Bertz CT molecular complexity index is 420. The summed E-state index contributed by atoms with van der Waals surface area (Å²) in [5.41, 5.74) is 0. The zero-order valence-electron chi connectivity index (χ0n) is 11.9. The van der Waals surface area contributed by atoms with E-state index in [0.717, 1.165) is 45.0 Å². The molecule has 1 saturated carbocycles. The van der Waals surface area contributed by atoms with E-state index < -0.39 is 0 Å². The molecule has 1 aromatic heterocycles. The van der Waals surface area contributed by atoms with Crippen LogP contribution >= 0.6 is 0 Å². The lowest BCUT2D eigenvalue weighted by molar-refractivity contribution is -0.132. The van der Waals surface area contributed by atoms with Crippen LogP contribution in [0.25, 0.3) is 0 Å². The number of furan rings is 1. The molecule has 2 fully saturated rings. The van der Waals surface area contributed by atoms with E-state index in [1.165, 1.54) is 12.8 Å². The lowest BCUT2D eigenvalue weighted by atomic mass is 10.2. The number of nitrogens with one attached hydrogen (secondary N) is 1. The van der Waals surface area contributed by atoms with E-state index in [-0.39, 0.29) is 5.91 Å². The van der Waals surface area contributed by atoms with E-state index in [1.807, 2.05) is 17.0 Å². The quantitative estimate of drug-likeness (QED) is 0.845. The summed E-state index contributed by atoms with van der Waals surface area (Å²) in [4.78, 5) is 16.4. The van der Waals surface area contributed by atoms with Gasteiger partial charge >= 0.3 is 0 Å². The molecule has 110 valence electrons. The molecule has 0 spiro atoms. The van der Waals surface area contributed by atoms with Crippen molar-refractivity contribution < 1.29 is 9.21 Å². The van der Waals surface area contributed by atoms with E-state index in [4.69, 9.17) is 4.42 Å². The molecule has 0 bridgehead atoms. The molecule has 0 unspecified atom stereocenters. The largest absolute Gasteiger partial charge is 0.468 e. The molecule has 1 aliphatic carbocycles. The second kappa shape index (κ2) is 6.41. The molecular formula is C15H23N3O2. The zero-order chi connectivity index (χ0) is 13.8. The minimum atomic E-state index is 0.288. The molecule has 5 heteroatoms. The Morgan fingerprint density at radius 3 is 2.75 bits per heavy atom. The highest BCUT2D eigenvalue weighted by Gasteiger charge is 2.23. The molecule has 20 heavy (non-hydrogen) atoms. The van der Waals surface area contributed by atoms with Crippen LogP contribution < -0.4 is 5.32 Å². The number of hydrogen-bond donors (Lipinski definition) is 1. The van der Waals surface area contributed by atoms with Crippen molar-refractivity contribution in [3.63, 3.8) is 0 Å². The Balaban J connectivity index is 1.35. The van der Waals surface area contributed by atoms with Crippen molar-refractivity contribution in [2.24, 2.45) is 0 Å². The predicted molar refractivity (Wildman–Crippen MR) is 76.2 cm³/mol. The highest BCUT2D eigenvalue weighted by Crippen LogP contribution is 2.18. The van der Waals surface area contributed by atoms with Crippen LogP contribution in [-0.4, -0.2) is 54.5 Å². The summed E-state index contributed by atoms with van der Waals surface area (Å²) in [6.07, 6.45) is 4.90. The third-order valence-electron chi connectivity index (χ3n) is 4.03. The molecule has 1 saturated heterocycles. The third-order valence-corrected chi connectivity index (χ3v) is 4.03. The van der Waals surface area contributed by atoms with Crippen molar-refractivity contribution in [1.29, 1.82) is 0 Å². The summed E-state index contributed by atoms with van der Waals surface area (Å²) in [5, 5.41) is 3.39. The van der Waals surface area contributed by atoms with Crippen LogP contribution in [0, 0.1) is 0 Å². The number of nitrogens with zero attached hydrogens (tertiary/aromatic N) is 2. The third kappa shape index (κ3) is 3.84. The van der Waals surface area contributed by atoms with Gasteiger partial charge in [-0.1, -0.05) is 0 Å². The van der Waals surface area contributed by atoms with Crippen LogP contribution in [0.2, 0.25) is 0 Å². The fourth-order valence-corrected chi connectivity index (χ4v) is 2.61. The monoisotopic (exact) mass is 277 g/mol. The van der Waals surface area contributed by atoms with Crippen LogP contribution in [0.15, 0.2) is 22.8 Å². The van der Waals surface area contributed by atoms with Crippen molar-refractivity contribution in [3.8, 4) is 0 Å². The van der Waals surface area contributed by atoms with E-state index >= 15 is 0 Å².